The molecule has 1 atom stereocenters. The molecule has 1 fully saturated rings. The van der Waals surface area contributed by atoms with E-state index in [-0.39, 0.29) is 11.2 Å². The second-order valence-corrected chi connectivity index (χ2v) is 6.95. The van der Waals surface area contributed by atoms with E-state index in [4.69, 9.17) is 5.73 Å². The number of nitrogens with two attached hydrogens (primary N) is 1. The molecule has 1 aliphatic rings. The summed E-state index contributed by atoms with van der Waals surface area (Å²) in [6.45, 7) is 4.53. The lowest BCUT2D eigenvalue weighted by atomic mass is 9.73. The number of rotatable bonds is 2. The van der Waals surface area contributed by atoms with Gasteiger partial charge in [0.1, 0.15) is 5.82 Å². The zero-order valence-corrected chi connectivity index (χ0v) is 13.1. The van der Waals surface area contributed by atoms with Gasteiger partial charge in [-0.3, -0.25) is 0 Å². The summed E-state index contributed by atoms with van der Waals surface area (Å²) in [7, 11) is 0. The van der Waals surface area contributed by atoms with Crippen molar-refractivity contribution in [2.75, 3.05) is 11.1 Å². The molecule has 2 nitrogen and oxygen atoms in total. The summed E-state index contributed by atoms with van der Waals surface area (Å²) in [5.74, 6) is -0.207. The van der Waals surface area contributed by atoms with Crippen molar-refractivity contribution in [2.45, 2.75) is 45.6 Å². The molecule has 1 unspecified atom stereocenters. The lowest BCUT2D eigenvalue weighted by Crippen LogP contribution is -2.39. The van der Waals surface area contributed by atoms with Crippen molar-refractivity contribution >= 4 is 34.0 Å². The molecule has 2 rings (SSSR count). The first-order chi connectivity index (χ1) is 8.40. The van der Waals surface area contributed by atoms with Crippen LogP contribution in [0.2, 0.25) is 0 Å². The van der Waals surface area contributed by atoms with Crippen LogP contribution in [0, 0.1) is 14.8 Å². The third-order valence-electron chi connectivity index (χ3n) is 3.93. The summed E-state index contributed by atoms with van der Waals surface area (Å²) in [6, 6.07) is 3.57. The van der Waals surface area contributed by atoms with Gasteiger partial charge in [-0.2, -0.15) is 0 Å². The number of nitrogens with one attached hydrogen (secondary N) is 1. The quantitative estimate of drug-likeness (QED) is 0.605. The fourth-order valence-electron chi connectivity index (χ4n) is 2.64. The maximum atomic E-state index is 13.6. The Hall–Kier alpha value is -0.520. The van der Waals surface area contributed by atoms with Gasteiger partial charge < -0.3 is 11.1 Å². The SMILES string of the molecule is CC1(C)CCCCC1Nc1cc(F)c(I)cc1N. The molecule has 1 aliphatic carbocycles. The van der Waals surface area contributed by atoms with E-state index in [2.05, 4.69) is 19.2 Å². The Bertz CT molecular complexity index is 446. The summed E-state index contributed by atoms with van der Waals surface area (Å²) in [5.41, 5.74) is 7.56. The number of nitrogen functional groups attached to an aromatic ring is 1. The summed E-state index contributed by atoms with van der Waals surface area (Å²) in [4.78, 5) is 0. The Kier molecular flexibility index (Phi) is 4.04. The highest BCUT2D eigenvalue weighted by molar-refractivity contribution is 14.1. The van der Waals surface area contributed by atoms with Crippen LogP contribution in [0.3, 0.4) is 0 Å². The molecule has 1 aromatic carbocycles. The van der Waals surface area contributed by atoms with E-state index in [0.29, 0.717) is 15.3 Å². The first kappa shape index (κ1) is 13.9. The maximum Gasteiger partial charge on any atom is 0.138 e. The fraction of sp³-hybridized carbons (Fsp3) is 0.571. The number of benzene rings is 1. The molecule has 0 heterocycles. The van der Waals surface area contributed by atoms with E-state index in [1.807, 2.05) is 22.6 Å². The predicted octanol–water partition coefficient (Wildman–Crippen LogP) is 4.39. The molecule has 0 amide bonds. The highest BCUT2D eigenvalue weighted by Gasteiger charge is 2.32. The highest BCUT2D eigenvalue weighted by atomic mass is 127. The van der Waals surface area contributed by atoms with Gasteiger partial charge in [-0.15, -0.1) is 0 Å². The molecule has 0 radical (unpaired) electrons. The van der Waals surface area contributed by atoms with Crippen molar-refractivity contribution in [1.29, 1.82) is 0 Å². The summed E-state index contributed by atoms with van der Waals surface area (Å²) < 4.78 is 14.2. The van der Waals surface area contributed by atoms with Gasteiger partial charge in [0.05, 0.1) is 14.9 Å². The number of hydrogen-bond donors (Lipinski definition) is 2. The maximum absolute atomic E-state index is 13.6. The lowest BCUT2D eigenvalue weighted by Gasteiger charge is -2.39. The molecule has 18 heavy (non-hydrogen) atoms. The van der Waals surface area contributed by atoms with E-state index >= 15 is 0 Å². The Labute approximate surface area is 122 Å². The Morgan fingerprint density at radius 3 is 2.78 bits per heavy atom. The second-order valence-electron chi connectivity index (χ2n) is 5.78. The Morgan fingerprint density at radius 2 is 2.11 bits per heavy atom. The molecule has 4 heteroatoms. The largest absolute Gasteiger partial charge is 0.397 e. The lowest BCUT2D eigenvalue weighted by molar-refractivity contribution is 0.217. The van der Waals surface area contributed by atoms with E-state index < -0.39 is 0 Å². The van der Waals surface area contributed by atoms with Gasteiger partial charge in [-0.05, 0) is 46.9 Å². The Balaban J connectivity index is 2.20. The number of hydrogen-bond acceptors (Lipinski definition) is 2. The first-order valence-electron chi connectivity index (χ1n) is 6.41. The van der Waals surface area contributed by atoms with Crippen LogP contribution < -0.4 is 11.1 Å². The van der Waals surface area contributed by atoms with E-state index in [9.17, 15) is 4.39 Å². The normalized spacial score (nSPS) is 22.8. The fourth-order valence-corrected chi connectivity index (χ4v) is 3.13. The van der Waals surface area contributed by atoms with Crippen LogP contribution in [-0.4, -0.2) is 6.04 Å². The zero-order valence-electron chi connectivity index (χ0n) is 10.9. The average Bonchev–Trinajstić information content (AvgIpc) is 2.28. The summed E-state index contributed by atoms with van der Waals surface area (Å²) in [5, 5.41) is 3.44. The van der Waals surface area contributed by atoms with Crippen molar-refractivity contribution < 1.29 is 4.39 Å². The van der Waals surface area contributed by atoms with Gasteiger partial charge >= 0.3 is 0 Å². The molecular weight excluding hydrogens is 342 g/mol. The second kappa shape index (κ2) is 5.23. The van der Waals surface area contributed by atoms with Crippen LogP contribution in [0.1, 0.15) is 39.5 Å². The Morgan fingerprint density at radius 1 is 1.39 bits per heavy atom. The molecule has 0 saturated heterocycles. The molecule has 3 N–H and O–H groups in total. The molecule has 0 spiro atoms. The minimum absolute atomic E-state index is 0.207. The van der Waals surface area contributed by atoms with Crippen LogP contribution in [0.25, 0.3) is 0 Å². The molecule has 0 bridgehead atoms. The van der Waals surface area contributed by atoms with Gasteiger partial charge in [0.25, 0.3) is 0 Å². The highest BCUT2D eigenvalue weighted by Crippen LogP contribution is 2.38. The molecular formula is C14H20FIN2. The van der Waals surface area contributed by atoms with Crippen molar-refractivity contribution in [3.8, 4) is 0 Å². The molecule has 100 valence electrons. The van der Waals surface area contributed by atoms with Crippen molar-refractivity contribution in [1.82, 2.24) is 0 Å². The first-order valence-corrected chi connectivity index (χ1v) is 7.49. The van der Waals surface area contributed by atoms with Gasteiger partial charge in [0, 0.05) is 12.1 Å². The van der Waals surface area contributed by atoms with Crippen LogP contribution in [0.15, 0.2) is 12.1 Å². The summed E-state index contributed by atoms with van der Waals surface area (Å²) in [6.07, 6.45) is 4.84. The van der Waals surface area contributed by atoms with Gasteiger partial charge in [-0.1, -0.05) is 26.7 Å². The average molecular weight is 362 g/mol. The van der Waals surface area contributed by atoms with Gasteiger partial charge in [0.2, 0.25) is 0 Å². The van der Waals surface area contributed by atoms with E-state index in [1.165, 1.54) is 25.3 Å². The third kappa shape index (κ3) is 2.90. The van der Waals surface area contributed by atoms with Gasteiger partial charge in [0.15, 0.2) is 0 Å². The summed E-state index contributed by atoms with van der Waals surface area (Å²) >= 11 is 1.96. The van der Waals surface area contributed by atoms with Crippen LogP contribution in [0.4, 0.5) is 15.8 Å². The molecule has 0 aromatic heterocycles. The van der Waals surface area contributed by atoms with Crippen molar-refractivity contribution in [2.24, 2.45) is 5.41 Å². The smallest absolute Gasteiger partial charge is 0.138 e. The predicted molar refractivity (Wildman–Crippen MR) is 83.2 cm³/mol. The minimum atomic E-state index is -0.207. The van der Waals surface area contributed by atoms with Crippen LogP contribution in [0.5, 0.6) is 0 Å². The molecule has 0 aliphatic heterocycles. The van der Waals surface area contributed by atoms with Crippen molar-refractivity contribution in [3.05, 3.63) is 21.5 Å². The standard InChI is InChI=1S/C14H20FIN2/c1-14(2)6-4-3-5-13(14)18-12-7-9(15)10(16)8-11(12)17/h7-8,13,18H,3-6,17H2,1-2H3. The van der Waals surface area contributed by atoms with Gasteiger partial charge in [-0.25, -0.2) is 4.39 Å². The molecule has 1 saturated carbocycles. The number of anilines is 2. The van der Waals surface area contributed by atoms with Crippen LogP contribution >= 0.6 is 22.6 Å². The van der Waals surface area contributed by atoms with E-state index in [1.54, 1.807) is 6.07 Å². The minimum Gasteiger partial charge on any atom is -0.397 e. The third-order valence-corrected chi connectivity index (χ3v) is 4.76. The van der Waals surface area contributed by atoms with Crippen LogP contribution in [-0.2, 0) is 0 Å². The molecule has 1 aromatic rings. The zero-order chi connectivity index (χ0) is 13.3. The monoisotopic (exact) mass is 362 g/mol. The topological polar surface area (TPSA) is 38.0 Å². The van der Waals surface area contributed by atoms with Crippen molar-refractivity contribution in [3.63, 3.8) is 0 Å². The van der Waals surface area contributed by atoms with E-state index in [0.717, 1.165) is 12.1 Å². The number of halogens is 2.